The maximum atomic E-state index is 12.9. The smallest absolute Gasteiger partial charge is 0.226 e. The van der Waals surface area contributed by atoms with E-state index in [4.69, 9.17) is 4.74 Å². The number of hydrogen-bond donors (Lipinski definition) is 0. The molecule has 1 fully saturated rings. The third-order valence-electron chi connectivity index (χ3n) is 3.98. The van der Waals surface area contributed by atoms with Crippen molar-refractivity contribution in [3.63, 3.8) is 0 Å². The summed E-state index contributed by atoms with van der Waals surface area (Å²) in [4.78, 5) is 14.3. The van der Waals surface area contributed by atoms with Gasteiger partial charge in [-0.3, -0.25) is 4.79 Å². The van der Waals surface area contributed by atoms with E-state index < -0.39 is 0 Å². The van der Waals surface area contributed by atoms with E-state index in [1.165, 1.54) is 12.1 Å². The van der Waals surface area contributed by atoms with Gasteiger partial charge in [-0.25, -0.2) is 4.39 Å². The fraction of sp³-hybridized carbons (Fsp3) is 0.562. The second kappa shape index (κ2) is 5.92. The lowest BCUT2D eigenvalue weighted by Gasteiger charge is -2.23. The Bertz CT molecular complexity index is 470. The summed E-state index contributed by atoms with van der Waals surface area (Å²) in [5.41, 5.74) is 1.06. The van der Waals surface area contributed by atoms with Crippen molar-refractivity contribution in [2.75, 3.05) is 20.3 Å². The molecule has 0 saturated heterocycles. The Balaban J connectivity index is 2.03. The van der Waals surface area contributed by atoms with Crippen LogP contribution >= 0.6 is 0 Å². The van der Waals surface area contributed by atoms with Crippen molar-refractivity contribution in [2.45, 2.75) is 26.8 Å². The van der Waals surface area contributed by atoms with Crippen molar-refractivity contribution in [2.24, 2.45) is 11.3 Å². The minimum atomic E-state index is -0.258. The highest BCUT2D eigenvalue weighted by Gasteiger charge is 2.51. The summed E-state index contributed by atoms with van der Waals surface area (Å²) in [6, 6.07) is 6.30. The zero-order valence-corrected chi connectivity index (χ0v) is 12.4. The molecule has 0 N–H and O–H groups in total. The van der Waals surface area contributed by atoms with Crippen LogP contribution in [0.15, 0.2) is 24.3 Å². The Morgan fingerprint density at radius 3 is 2.50 bits per heavy atom. The lowest BCUT2D eigenvalue weighted by molar-refractivity contribution is -0.134. The quantitative estimate of drug-likeness (QED) is 0.801. The van der Waals surface area contributed by atoms with Gasteiger partial charge in [0.05, 0.1) is 6.61 Å². The molecule has 1 amide bonds. The highest BCUT2D eigenvalue weighted by Crippen LogP contribution is 2.52. The van der Waals surface area contributed by atoms with Gasteiger partial charge in [0.25, 0.3) is 0 Å². The number of rotatable bonds is 6. The van der Waals surface area contributed by atoms with Gasteiger partial charge in [0.15, 0.2) is 0 Å². The van der Waals surface area contributed by atoms with E-state index in [-0.39, 0.29) is 23.1 Å². The van der Waals surface area contributed by atoms with Gasteiger partial charge >= 0.3 is 0 Å². The number of carbonyl (C=O) groups is 1. The molecule has 4 heteroatoms. The number of ether oxygens (including phenoxy) is 1. The summed E-state index contributed by atoms with van der Waals surface area (Å²) >= 11 is 0. The number of benzene rings is 1. The largest absolute Gasteiger partial charge is 0.383 e. The van der Waals surface area contributed by atoms with Crippen LogP contribution in [-0.2, 0) is 16.1 Å². The highest BCUT2D eigenvalue weighted by molar-refractivity contribution is 5.82. The maximum absolute atomic E-state index is 12.9. The van der Waals surface area contributed by atoms with Crippen LogP contribution in [0.1, 0.15) is 25.8 Å². The fourth-order valence-corrected chi connectivity index (χ4v) is 2.39. The van der Waals surface area contributed by atoms with Crippen LogP contribution in [-0.4, -0.2) is 31.1 Å². The maximum Gasteiger partial charge on any atom is 0.226 e. The average molecular weight is 279 g/mol. The number of carbonyl (C=O) groups excluding carboxylic acids is 1. The zero-order chi connectivity index (χ0) is 14.8. The normalized spacial score (nSPS) is 19.7. The first kappa shape index (κ1) is 15.0. The number of methoxy groups -OCH3 is 1. The Morgan fingerprint density at radius 1 is 1.40 bits per heavy atom. The van der Waals surface area contributed by atoms with Gasteiger partial charge in [-0.2, -0.15) is 0 Å². The van der Waals surface area contributed by atoms with E-state index in [2.05, 4.69) is 13.8 Å². The van der Waals surface area contributed by atoms with Crippen LogP contribution in [0.25, 0.3) is 0 Å². The van der Waals surface area contributed by atoms with Crippen LogP contribution in [0.3, 0.4) is 0 Å². The molecule has 0 aromatic heterocycles. The predicted octanol–water partition coefficient (Wildman–Crippen LogP) is 2.85. The summed E-state index contributed by atoms with van der Waals surface area (Å²) in [7, 11) is 1.63. The van der Waals surface area contributed by atoms with Crippen LogP contribution in [0.2, 0.25) is 0 Å². The number of halogens is 1. The van der Waals surface area contributed by atoms with Crippen LogP contribution < -0.4 is 0 Å². The molecular formula is C16H22FNO2. The van der Waals surface area contributed by atoms with Crippen LogP contribution in [0.5, 0.6) is 0 Å². The van der Waals surface area contributed by atoms with E-state index in [1.807, 2.05) is 4.90 Å². The van der Waals surface area contributed by atoms with Crippen molar-refractivity contribution in [3.05, 3.63) is 35.6 Å². The van der Waals surface area contributed by atoms with Gasteiger partial charge in [0.2, 0.25) is 5.91 Å². The van der Waals surface area contributed by atoms with Gasteiger partial charge in [-0.05, 0) is 29.5 Å². The predicted molar refractivity (Wildman–Crippen MR) is 75.6 cm³/mol. The van der Waals surface area contributed by atoms with Crippen molar-refractivity contribution >= 4 is 5.91 Å². The molecule has 1 aromatic carbocycles. The number of nitrogens with zero attached hydrogens (tertiary/aromatic N) is 1. The standard InChI is InChI=1S/C16H22FNO2/c1-16(2)10-14(16)15(19)18(8-9-20-3)11-12-4-6-13(17)7-5-12/h4-7,14H,8-11H2,1-3H3. The second-order valence-corrected chi connectivity index (χ2v) is 6.12. The first-order valence-corrected chi connectivity index (χ1v) is 6.96. The van der Waals surface area contributed by atoms with Crippen molar-refractivity contribution in [1.82, 2.24) is 4.90 Å². The van der Waals surface area contributed by atoms with Gasteiger partial charge in [-0.15, -0.1) is 0 Å². The van der Waals surface area contributed by atoms with Gasteiger partial charge in [0, 0.05) is 26.1 Å². The first-order valence-electron chi connectivity index (χ1n) is 6.96. The molecule has 0 bridgehead atoms. The van der Waals surface area contributed by atoms with Crippen molar-refractivity contribution in [3.8, 4) is 0 Å². The van der Waals surface area contributed by atoms with E-state index in [0.29, 0.717) is 19.7 Å². The molecule has 2 rings (SSSR count). The molecule has 0 spiro atoms. The molecule has 110 valence electrons. The average Bonchev–Trinajstić information content (AvgIpc) is 3.05. The molecular weight excluding hydrogens is 257 g/mol. The first-order chi connectivity index (χ1) is 9.44. The molecule has 1 aliphatic rings. The number of hydrogen-bond acceptors (Lipinski definition) is 2. The Kier molecular flexibility index (Phi) is 4.43. The monoisotopic (exact) mass is 279 g/mol. The molecule has 0 radical (unpaired) electrons. The van der Waals surface area contributed by atoms with Crippen LogP contribution in [0, 0.1) is 17.2 Å². The summed E-state index contributed by atoms with van der Waals surface area (Å²) in [6.07, 6.45) is 0.943. The Labute approximate surface area is 119 Å². The summed E-state index contributed by atoms with van der Waals surface area (Å²) in [5, 5.41) is 0. The Hall–Kier alpha value is -1.42. The molecule has 0 heterocycles. The van der Waals surface area contributed by atoms with E-state index in [9.17, 15) is 9.18 Å². The summed E-state index contributed by atoms with van der Waals surface area (Å²) in [5.74, 6) is 0.0306. The van der Waals surface area contributed by atoms with Crippen molar-refractivity contribution in [1.29, 1.82) is 0 Å². The molecule has 1 atom stereocenters. The lowest BCUT2D eigenvalue weighted by atomic mass is 10.1. The molecule has 1 aliphatic carbocycles. The third kappa shape index (κ3) is 3.57. The second-order valence-electron chi connectivity index (χ2n) is 6.12. The molecule has 0 aliphatic heterocycles. The Morgan fingerprint density at radius 2 is 2.00 bits per heavy atom. The fourth-order valence-electron chi connectivity index (χ4n) is 2.39. The van der Waals surface area contributed by atoms with E-state index in [0.717, 1.165) is 12.0 Å². The molecule has 20 heavy (non-hydrogen) atoms. The minimum absolute atomic E-state index is 0.111. The van der Waals surface area contributed by atoms with Gasteiger partial charge in [0.1, 0.15) is 5.82 Å². The summed E-state index contributed by atoms with van der Waals surface area (Å²) < 4.78 is 18.0. The minimum Gasteiger partial charge on any atom is -0.383 e. The van der Waals surface area contributed by atoms with E-state index >= 15 is 0 Å². The third-order valence-corrected chi connectivity index (χ3v) is 3.98. The highest BCUT2D eigenvalue weighted by atomic mass is 19.1. The van der Waals surface area contributed by atoms with Crippen LogP contribution in [0.4, 0.5) is 4.39 Å². The van der Waals surface area contributed by atoms with Gasteiger partial charge in [-0.1, -0.05) is 26.0 Å². The molecule has 3 nitrogen and oxygen atoms in total. The summed E-state index contributed by atoms with van der Waals surface area (Å²) in [6.45, 7) is 5.82. The molecule has 1 aromatic rings. The van der Waals surface area contributed by atoms with E-state index in [1.54, 1.807) is 19.2 Å². The van der Waals surface area contributed by atoms with Crippen molar-refractivity contribution < 1.29 is 13.9 Å². The SMILES string of the molecule is COCCN(Cc1ccc(F)cc1)C(=O)C1CC1(C)C. The molecule has 1 unspecified atom stereocenters. The number of amides is 1. The lowest BCUT2D eigenvalue weighted by Crippen LogP contribution is -2.35. The molecule has 1 saturated carbocycles. The topological polar surface area (TPSA) is 29.5 Å². The van der Waals surface area contributed by atoms with Gasteiger partial charge < -0.3 is 9.64 Å². The zero-order valence-electron chi connectivity index (χ0n) is 12.4.